The van der Waals surface area contributed by atoms with E-state index in [1.165, 1.54) is 0 Å². The SMILES string of the molecule is COc1c(C)cc(Cl)c(C)c1C(O)C(C)CN1CCNCC1. The summed E-state index contributed by atoms with van der Waals surface area (Å²) in [7, 11) is 1.65. The highest BCUT2D eigenvalue weighted by Gasteiger charge is 2.26. The second-order valence-electron chi connectivity index (χ2n) is 6.22. The quantitative estimate of drug-likeness (QED) is 0.873. The summed E-state index contributed by atoms with van der Waals surface area (Å²) in [6.45, 7) is 11.0. The van der Waals surface area contributed by atoms with Gasteiger partial charge in [0.1, 0.15) is 5.75 Å². The lowest BCUT2D eigenvalue weighted by atomic mass is 9.91. The molecule has 0 radical (unpaired) electrons. The van der Waals surface area contributed by atoms with Crippen molar-refractivity contribution in [3.8, 4) is 5.75 Å². The summed E-state index contributed by atoms with van der Waals surface area (Å²) in [5.41, 5.74) is 2.69. The summed E-state index contributed by atoms with van der Waals surface area (Å²) < 4.78 is 5.53. The van der Waals surface area contributed by atoms with Gasteiger partial charge in [-0.05, 0) is 37.0 Å². The van der Waals surface area contributed by atoms with Crippen LogP contribution >= 0.6 is 11.6 Å². The van der Waals surface area contributed by atoms with Gasteiger partial charge in [-0.3, -0.25) is 0 Å². The number of benzene rings is 1. The number of hydrogen-bond donors (Lipinski definition) is 2. The predicted octanol–water partition coefficient (Wildman–Crippen LogP) is 2.54. The Kier molecular flexibility index (Phi) is 6.09. The second-order valence-corrected chi connectivity index (χ2v) is 6.63. The van der Waals surface area contributed by atoms with Gasteiger partial charge in [0.2, 0.25) is 0 Å². The van der Waals surface area contributed by atoms with E-state index in [1.807, 2.05) is 19.9 Å². The van der Waals surface area contributed by atoms with Crippen LogP contribution in [0.5, 0.6) is 5.75 Å². The van der Waals surface area contributed by atoms with Gasteiger partial charge in [0.15, 0.2) is 0 Å². The van der Waals surface area contributed by atoms with E-state index in [1.54, 1.807) is 7.11 Å². The Labute approximate surface area is 138 Å². The summed E-state index contributed by atoms with van der Waals surface area (Å²) in [6.07, 6.45) is -0.581. The van der Waals surface area contributed by atoms with E-state index in [2.05, 4.69) is 17.1 Å². The fourth-order valence-corrected chi connectivity index (χ4v) is 3.45. The molecule has 5 heteroatoms. The van der Waals surface area contributed by atoms with Gasteiger partial charge >= 0.3 is 0 Å². The van der Waals surface area contributed by atoms with Crippen molar-refractivity contribution in [3.05, 3.63) is 27.8 Å². The van der Waals surface area contributed by atoms with Crippen molar-refractivity contribution in [3.63, 3.8) is 0 Å². The first-order chi connectivity index (χ1) is 10.5. The second kappa shape index (κ2) is 7.64. The van der Waals surface area contributed by atoms with Crippen LogP contribution in [0.4, 0.5) is 0 Å². The molecule has 4 nitrogen and oxygen atoms in total. The number of aliphatic hydroxyl groups is 1. The van der Waals surface area contributed by atoms with Gasteiger partial charge < -0.3 is 20.1 Å². The normalized spacial score (nSPS) is 19.0. The minimum absolute atomic E-state index is 0.114. The average molecular weight is 327 g/mol. The number of aryl methyl sites for hydroxylation is 1. The molecule has 0 bridgehead atoms. The van der Waals surface area contributed by atoms with Crippen molar-refractivity contribution in [1.29, 1.82) is 0 Å². The van der Waals surface area contributed by atoms with E-state index >= 15 is 0 Å². The van der Waals surface area contributed by atoms with Crippen LogP contribution in [0.3, 0.4) is 0 Å². The first-order valence-electron chi connectivity index (χ1n) is 7.90. The number of nitrogens with one attached hydrogen (secondary N) is 1. The number of aliphatic hydroxyl groups excluding tert-OH is 1. The van der Waals surface area contributed by atoms with Crippen LogP contribution in [0.1, 0.15) is 29.7 Å². The number of nitrogens with zero attached hydrogens (tertiary/aromatic N) is 1. The molecule has 1 saturated heterocycles. The van der Waals surface area contributed by atoms with Crippen molar-refractivity contribution < 1.29 is 9.84 Å². The lowest BCUT2D eigenvalue weighted by Gasteiger charge is -2.32. The minimum atomic E-state index is -0.581. The van der Waals surface area contributed by atoms with Crippen molar-refractivity contribution in [1.82, 2.24) is 10.2 Å². The number of methoxy groups -OCH3 is 1. The van der Waals surface area contributed by atoms with Gasteiger partial charge in [0.25, 0.3) is 0 Å². The molecule has 1 fully saturated rings. The Hall–Kier alpha value is -0.810. The molecule has 0 saturated carbocycles. The monoisotopic (exact) mass is 326 g/mol. The van der Waals surface area contributed by atoms with Crippen LogP contribution in [0, 0.1) is 19.8 Å². The molecule has 1 heterocycles. The van der Waals surface area contributed by atoms with Gasteiger partial charge in [-0.25, -0.2) is 0 Å². The topological polar surface area (TPSA) is 44.7 Å². The lowest BCUT2D eigenvalue weighted by molar-refractivity contribution is 0.0816. The van der Waals surface area contributed by atoms with E-state index in [0.717, 1.165) is 55.2 Å². The number of piperazine rings is 1. The maximum absolute atomic E-state index is 10.9. The number of rotatable bonds is 5. The molecule has 124 valence electrons. The molecule has 2 unspecified atom stereocenters. The number of hydrogen-bond acceptors (Lipinski definition) is 4. The zero-order valence-electron chi connectivity index (χ0n) is 13.9. The minimum Gasteiger partial charge on any atom is -0.496 e. The lowest BCUT2D eigenvalue weighted by Crippen LogP contribution is -2.45. The number of ether oxygens (including phenoxy) is 1. The van der Waals surface area contributed by atoms with Gasteiger partial charge in [-0.2, -0.15) is 0 Å². The molecule has 1 aromatic rings. The van der Waals surface area contributed by atoms with Gasteiger partial charge in [-0.1, -0.05) is 18.5 Å². The molecule has 2 N–H and O–H groups in total. The highest BCUT2D eigenvalue weighted by Crippen LogP contribution is 2.39. The third kappa shape index (κ3) is 3.74. The van der Waals surface area contributed by atoms with Crippen molar-refractivity contribution in [2.45, 2.75) is 26.9 Å². The largest absolute Gasteiger partial charge is 0.496 e. The molecule has 0 amide bonds. The van der Waals surface area contributed by atoms with E-state index in [-0.39, 0.29) is 5.92 Å². The first kappa shape index (κ1) is 17.5. The van der Waals surface area contributed by atoms with Crippen LogP contribution in [0.25, 0.3) is 0 Å². The average Bonchev–Trinajstić information content (AvgIpc) is 2.50. The summed E-state index contributed by atoms with van der Waals surface area (Å²) in [4.78, 5) is 2.39. The van der Waals surface area contributed by atoms with Gasteiger partial charge in [0.05, 0.1) is 13.2 Å². The third-order valence-corrected chi connectivity index (χ3v) is 4.90. The van der Waals surface area contributed by atoms with Crippen LogP contribution < -0.4 is 10.1 Å². The molecule has 0 aromatic heterocycles. The van der Waals surface area contributed by atoms with Crippen LogP contribution in [0.2, 0.25) is 5.02 Å². The predicted molar refractivity (Wildman–Crippen MR) is 90.9 cm³/mol. The summed E-state index contributed by atoms with van der Waals surface area (Å²) in [5.74, 6) is 0.866. The maximum Gasteiger partial charge on any atom is 0.127 e. The maximum atomic E-state index is 10.9. The Bertz CT molecular complexity index is 516. The van der Waals surface area contributed by atoms with E-state index < -0.39 is 6.10 Å². The fraction of sp³-hybridized carbons (Fsp3) is 0.647. The molecule has 2 atom stereocenters. The van der Waals surface area contributed by atoms with E-state index in [0.29, 0.717) is 5.02 Å². The summed E-state index contributed by atoms with van der Waals surface area (Å²) in [6, 6.07) is 1.90. The molecule has 1 aliphatic rings. The molecule has 0 spiro atoms. The highest BCUT2D eigenvalue weighted by molar-refractivity contribution is 6.31. The fourth-order valence-electron chi connectivity index (χ4n) is 3.19. The number of halogens is 1. The molecular formula is C17H27ClN2O2. The van der Waals surface area contributed by atoms with Gasteiger partial charge in [0, 0.05) is 43.3 Å². The molecule has 1 aromatic carbocycles. The van der Waals surface area contributed by atoms with Crippen LogP contribution in [-0.4, -0.2) is 49.8 Å². The van der Waals surface area contributed by atoms with Gasteiger partial charge in [-0.15, -0.1) is 0 Å². The smallest absolute Gasteiger partial charge is 0.127 e. The van der Waals surface area contributed by atoms with Crippen LogP contribution in [-0.2, 0) is 0 Å². The van der Waals surface area contributed by atoms with Crippen molar-refractivity contribution in [2.75, 3.05) is 39.8 Å². The van der Waals surface area contributed by atoms with Crippen LogP contribution in [0.15, 0.2) is 6.07 Å². The third-order valence-electron chi connectivity index (χ3n) is 4.50. The zero-order chi connectivity index (χ0) is 16.3. The highest BCUT2D eigenvalue weighted by atomic mass is 35.5. The first-order valence-corrected chi connectivity index (χ1v) is 8.28. The standard InChI is InChI=1S/C17H27ClN2O2/c1-11-9-14(18)13(3)15(17(11)22-4)16(21)12(2)10-20-7-5-19-6-8-20/h9,12,16,19,21H,5-8,10H2,1-4H3. The Morgan fingerprint density at radius 1 is 1.36 bits per heavy atom. The molecule has 2 rings (SSSR count). The van der Waals surface area contributed by atoms with E-state index in [4.69, 9.17) is 16.3 Å². The summed E-state index contributed by atoms with van der Waals surface area (Å²) in [5, 5.41) is 14.9. The molecular weight excluding hydrogens is 300 g/mol. The van der Waals surface area contributed by atoms with Crippen molar-refractivity contribution in [2.24, 2.45) is 5.92 Å². The van der Waals surface area contributed by atoms with Crippen molar-refractivity contribution >= 4 is 11.6 Å². The molecule has 22 heavy (non-hydrogen) atoms. The Morgan fingerprint density at radius 2 is 2.00 bits per heavy atom. The van der Waals surface area contributed by atoms with E-state index in [9.17, 15) is 5.11 Å². The zero-order valence-corrected chi connectivity index (χ0v) is 14.7. The summed E-state index contributed by atoms with van der Waals surface area (Å²) >= 11 is 6.30. The Morgan fingerprint density at radius 3 is 2.59 bits per heavy atom. The Balaban J connectivity index is 2.22. The molecule has 1 aliphatic heterocycles. The molecule has 0 aliphatic carbocycles.